The van der Waals surface area contributed by atoms with Crippen LogP contribution in [0.1, 0.15) is 19.8 Å². The van der Waals surface area contributed by atoms with Crippen LogP contribution in [0.15, 0.2) is 36.4 Å². The fraction of sp³-hybridized carbons (Fsp3) is 0.438. The number of para-hydroxylation sites is 1. The Morgan fingerprint density at radius 3 is 2.95 bits per heavy atom. The Kier molecular flexibility index (Phi) is 3.65. The first-order chi connectivity index (χ1) is 9.36. The summed E-state index contributed by atoms with van der Waals surface area (Å²) in [4.78, 5) is 7.07. The summed E-state index contributed by atoms with van der Waals surface area (Å²) in [5.41, 5.74) is 1.06. The molecular weight excluding hydrogens is 236 g/mol. The van der Waals surface area contributed by atoms with Crippen LogP contribution in [-0.4, -0.2) is 30.8 Å². The highest BCUT2D eigenvalue weighted by Gasteiger charge is 2.19. The third-order valence-electron chi connectivity index (χ3n) is 3.74. The van der Waals surface area contributed by atoms with Gasteiger partial charge >= 0.3 is 0 Å². The molecular formula is C16H20N2O. The predicted molar refractivity (Wildman–Crippen MR) is 78.6 cm³/mol. The fourth-order valence-corrected chi connectivity index (χ4v) is 2.65. The van der Waals surface area contributed by atoms with Crippen molar-refractivity contribution in [3.05, 3.63) is 36.4 Å². The first kappa shape index (κ1) is 12.4. The van der Waals surface area contributed by atoms with Gasteiger partial charge in [-0.3, -0.25) is 0 Å². The lowest BCUT2D eigenvalue weighted by Gasteiger charge is -2.25. The zero-order valence-corrected chi connectivity index (χ0v) is 11.4. The zero-order valence-electron chi connectivity index (χ0n) is 11.4. The maximum absolute atomic E-state index is 5.72. The second-order valence-electron chi connectivity index (χ2n) is 5.04. The van der Waals surface area contributed by atoms with Crippen LogP contribution in [0.25, 0.3) is 10.9 Å². The second-order valence-corrected chi connectivity index (χ2v) is 5.04. The molecule has 1 aliphatic rings. The molecule has 100 valence electrons. The maximum atomic E-state index is 5.72. The minimum absolute atomic E-state index is 0.369. The molecule has 0 N–H and O–H groups in total. The molecule has 3 heteroatoms. The van der Waals surface area contributed by atoms with Crippen molar-refractivity contribution in [2.24, 2.45) is 0 Å². The summed E-state index contributed by atoms with van der Waals surface area (Å²) in [5, 5.41) is 1.19. The molecule has 0 aliphatic carbocycles. The second kappa shape index (κ2) is 5.57. The van der Waals surface area contributed by atoms with E-state index in [2.05, 4.69) is 36.1 Å². The Bertz CT molecular complexity index is 549. The van der Waals surface area contributed by atoms with Crippen molar-refractivity contribution < 1.29 is 4.74 Å². The van der Waals surface area contributed by atoms with E-state index in [4.69, 9.17) is 9.72 Å². The largest absolute Gasteiger partial charge is 0.376 e. The van der Waals surface area contributed by atoms with Gasteiger partial charge in [0.05, 0.1) is 11.6 Å². The van der Waals surface area contributed by atoms with E-state index in [-0.39, 0.29) is 0 Å². The number of anilines is 1. The molecule has 0 saturated carbocycles. The Balaban J connectivity index is 1.83. The highest BCUT2D eigenvalue weighted by atomic mass is 16.5. The van der Waals surface area contributed by atoms with E-state index < -0.39 is 0 Å². The number of aromatic nitrogens is 1. The van der Waals surface area contributed by atoms with E-state index in [1.165, 1.54) is 18.2 Å². The van der Waals surface area contributed by atoms with Crippen molar-refractivity contribution in [1.82, 2.24) is 4.98 Å². The van der Waals surface area contributed by atoms with Crippen molar-refractivity contribution in [2.45, 2.75) is 25.9 Å². The quantitative estimate of drug-likeness (QED) is 0.839. The van der Waals surface area contributed by atoms with E-state index in [0.717, 1.165) is 31.0 Å². The third-order valence-corrected chi connectivity index (χ3v) is 3.74. The summed E-state index contributed by atoms with van der Waals surface area (Å²) < 4.78 is 5.72. The molecule has 1 aromatic carbocycles. The topological polar surface area (TPSA) is 25.4 Å². The smallest absolute Gasteiger partial charge is 0.129 e. The molecule has 1 atom stereocenters. The summed E-state index contributed by atoms with van der Waals surface area (Å²) in [6, 6.07) is 12.5. The van der Waals surface area contributed by atoms with Crippen molar-refractivity contribution >= 4 is 16.7 Å². The standard InChI is InChI=1S/C16H20N2O/c1-2-18(12-14-7-5-11-19-14)16-10-9-13-6-3-4-8-15(13)17-16/h3-4,6,8-10,14H,2,5,7,11-12H2,1H3. The summed E-state index contributed by atoms with van der Waals surface area (Å²) in [6.45, 7) is 4.99. The van der Waals surface area contributed by atoms with Crippen LogP contribution in [0.3, 0.4) is 0 Å². The van der Waals surface area contributed by atoms with Gasteiger partial charge in [0.1, 0.15) is 5.82 Å². The van der Waals surface area contributed by atoms with Crippen LogP contribution in [0, 0.1) is 0 Å². The molecule has 0 radical (unpaired) electrons. The average molecular weight is 256 g/mol. The Labute approximate surface area is 114 Å². The zero-order chi connectivity index (χ0) is 13.1. The molecule has 1 unspecified atom stereocenters. The number of hydrogen-bond donors (Lipinski definition) is 0. The minimum Gasteiger partial charge on any atom is -0.376 e. The van der Waals surface area contributed by atoms with Crippen LogP contribution >= 0.6 is 0 Å². The summed E-state index contributed by atoms with van der Waals surface area (Å²) in [7, 11) is 0. The molecule has 1 aliphatic heterocycles. The Morgan fingerprint density at radius 2 is 2.16 bits per heavy atom. The molecule has 1 fully saturated rings. The van der Waals surface area contributed by atoms with Gasteiger partial charge in [0, 0.05) is 25.1 Å². The highest BCUT2D eigenvalue weighted by molar-refractivity contribution is 5.80. The van der Waals surface area contributed by atoms with Crippen LogP contribution in [-0.2, 0) is 4.74 Å². The summed E-state index contributed by atoms with van der Waals surface area (Å²) >= 11 is 0. The molecule has 0 amide bonds. The van der Waals surface area contributed by atoms with Crippen LogP contribution in [0.4, 0.5) is 5.82 Å². The summed E-state index contributed by atoms with van der Waals surface area (Å²) in [5.74, 6) is 1.05. The van der Waals surface area contributed by atoms with E-state index >= 15 is 0 Å². The molecule has 0 bridgehead atoms. The van der Waals surface area contributed by atoms with Crippen molar-refractivity contribution in [3.63, 3.8) is 0 Å². The molecule has 3 rings (SSSR count). The molecule has 3 nitrogen and oxygen atoms in total. The number of benzene rings is 1. The van der Waals surface area contributed by atoms with E-state index in [1.807, 2.05) is 12.1 Å². The fourth-order valence-electron chi connectivity index (χ4n) is 2.65. The molecule has 19 heavy (non-hydrogen) atoms. The van der Waals surface area contributed by atoms with Crippen molar-refractivity contribution in [2.75, 3.05) is 24.6 Å². The first-order valence-electron chi connectivity index (χ1n) is 7.09. The Hall–Kier alpha value is -1.61. The molecule has 1 aromatic heterocycles. The van der Waals surface area contributed by atoms with Crippen molar-refractivity contribution in [1.29, 1.82) is 0 Å². The number of nitrogens with zero attached hydrogens (tertiary/aromatic N) is 2. The average Bonchev–Trinajstić information content (AvgIpc) is 2.97. The van der Waals surface area contributed by atoms with Gasteiger partial charge in [-0.2, -0.15) is 0 Å². The monoisotopic (exact) mass is 256 g/mol. The number of ether oxygens (including phenoxy) is 1. The van der Waals surface area contributed by atoms with Crippen LogP contribution in [0.5, 0.6) is 0 Å². The molecule has 1 saturated heterocycles. The minimum atomic E-state index is 0.369. The van der Waals surface area contributed by atoms with Gasteiger partial charge in [0.15, 0.2) is 0 Å². The van der Waals surface area contributed by atoms with E-state index in [1.54, 1.807) is 0 Å². The van der Waals surface area contributed by atoms with Gasteiger partial charge in [-0.05, 0) is 38.0 Å². The number of fused-ring (bicyclic) bond motifs is 1. The third kappa shape index (κ3) is 2.71. The number of pyridine rings is 1. The molecule has 2 aromatic rings. The summed E-state index contributed by atoms with van der Waals surface area (Å²) in [6.07, 6.45) is 2.73. The van der Waals surface area contributed by atoms with Gasteiger partial charge < -0.3 is 9.64 Å². The van der Waals surface area contributed by atoms with Gasteiger partial charge in [0.2, 0.25) is 0 Å². The molecule has 0 spiro atoms. The lowest BCUT2D eigenvalue weighted by Crippen LogP contribution is -2.32. The molecule has 2 heterocycles. The van der Waals surface area contributed by atoms with Crippen LogP contribution < -0.4 is 4.90 Å². The van der Waals surface area contributed by atoms with Gasteiger partial charge in [-0.1, -0.05) is 18.2 Å². The van der Waals surface area contributed by atoms with Gasteiger partial charge in [-0.15, -0.1) is 0 Å². The van der Waals surface area contributed by atoms with E-state index in [0.29, 0.717) is 6.10 Å². The number of likely N-dealkylation sites (N-methyl/N-ethyl adjacent to an activating group) is 1. The first-order valence-corrected chi connectivity index (χ1v) is 7.09. The Morgan fingerprint density at radius 1 is 1.26 bits per heavy atom. The van der Waals surface area contributed by atoms with Crippen LogP contribution in [0.2, 0.25) is 0 Å². The lowest BCUT2D eigenvalue weighted by atomic mass is 10.2. The normalized spacial score (nSPS) is 18.9. The lowest BCUT2D eigenvalue weighted by molar-refractivity contribution is 0.115. The number of rotatable bonds is 4. The predicted octanol–water partition coefficient (Wildman–Crippen LogP) is 3.24. The van der Waals surface area contributed by atoms with Gasteiger partial charge in [-0.25, -0.2) is 4.98 Å². The van der Waals surface area contributed by atoms with Gasteiger partial charge in [0.25, 0.3) is 0 Å². The van der Waals surface area contributed by atoms with Crippen molar-refractivity contribution in [3.8, 4) is 0 Å². The van der Waals surface area contributed by atoms with E-state index in [9.17, 15) is 0 Å². The maximum Gasteiger partial charge on any atom is 0.129 e. The highest BCUT2D eigenvalue weighted by Crippen LogP contribution is 2.20. The number of hydrogen-bond acceptors (Lipinski definition) is 3. The SMILES string of the molecule is CCN(CC1CCCO1)c1ccc2ccccc2n1.